The normalized spacial score (nSPS) is 17.7. The van der Waals surface area contributed by atoms with Crippen molar-refractivity contribution in [2.75, 3.05) is 32.8 Å². The molecule has 5 heteroatoms. The fourth-order valence-electron chi connectivity index (χ4n) is 2.73. The van der Waals surface area contributed by atoms with Crippen LogP contribution in [0.3, 0.4) is 0 Å². The minimum Gasteiger partial charge on any atom is -0.378 e. The van der Waals surface area contributed by atoms with E-state index in [9.17, 15) is 4.79 Å². The zero-order chi connectivity index (χ0) is 15.9. The maximum Gasteiger partial charge on any atom is 0.224 e. The second kappa shape index (κ2) is 8.25. The molecule has 122 valence electrons. The molecule has 2 rings (SSSR count). The summed E-state index contributed by atoms with van der Waals surface area (Å²) in [7, 11) is 0. The van der Waals surface area contributed by atoms with E-state index in [0.717, 1.165) is 26.2 Å². The first-order valence-electron chi connectivity index (χ1n) is 8.11. The Balaban J connectivity index is 1.77. The first-order chi connectivity index (χ1) is 10.6. The highest BCUT2D eigenvalue weighted by molar-refractivity contribution is 5.76. The zero-order valence-corrected chi connectivity index (χ0v) is 13.9. The molecule has 1 aliphatic rings. The van der Waals surface area contributed by atoms with Crippen molar-refractivity contribution in [3.8, 4) is 0 Å². The van der Waals surface area contributed by atoms with Gasteiger partial charge in [0.2, 0.25) is 5.91 Å². The van der Waals surface area contributed by atoms with Gasteiger partial charge in [-0.3, -0.25) is 14.7 Å². The van der Waals surface area contributed by atoms with Crippen LogP contribution in [-0.2, 0) is 9.53 Å². The van der Waals surface area contributed by atoms with Crippen molar-refractivity contribution in [3.05, 3.63) is 30.1 Å². The lowest BCUT2D eigenvalue weighted by Crippen LogP contribution is -2.49. The van der Waals surface area contributed by atoms with Gasteiger partial charge in [0.15, 0.2) is 0 Å². The van der Waals surface area contributed by atoms with Gasteiger partial charge in [0.25, 0.3) is 0 Å². The molecular weight excluding hydrogens is 278 g/mol. The smallest absolute Gasteiger partial charge is 0.224 e. The van der Waals surface area contributed by atoms with Gasteiger partial charge in [-0.1, -0.05) is 6.07 Å². The molecule has 0 spiro atoms. The summed E-state index contributed by atoms with van der Waals surface area (Å²) in [4.78, 5) is 20.7. The second-order valence-corrected chi connectivity index (χ2v) is 6.05. The van der Waals surface area contributed by atoms with E-state index in [1.807, 2.05) is 31.0 Å². The minimum atomic E-state index is 0.185. The molecule has 1 aliphatic heterocycles. The number of ether oxygens (including phenoxy) is 1. The average Bonchev–Trinajstić information content (AvgIpc) is 2.54. The molecule has 1 amide bonds. The lowest BCUT2D eigenvalue weighted by molar-refractivity contribution is -0.134. The molecule has 0 saturated carbocycles. The molecule has 0 aliphatic carbocycles. The van der Waals surface area contributed by atoms with Gasteiger partial charge in [-0.2, -0.15) is 0 Å². The number of rotatable bonds is 6. The predicted molar refractivity (Wildman–Crippen MR) is 86.5 cm³/mol. The number of carbonyl (C=O) groups is 1. The van der Waals surface area contributed by atoms with E-state index in [2.05, 4.69) is 22.9 Å². The molecule has 1 atom stereocenters. The summed E-state index contributed by atoms with van der Waals surface area (Å²) < 4.78 is 5.46. The van der Waals surface area contributed by atoms with Crippen molar-refractivity contribution in [2.45, 2.75) is 39.3 Å². The highest BCUT2D eigenvalue weighted by Crippen LogP contribution is 2.20. The summed E-state index contributed by atoms with van der Waals surface area (Å²) in [5, 5.41) is 0. The molecule has 22 heavy (non-hydrogen) atoms. The molecule has 0 radical (unpaired) electrons. The Hall–Kier alpha value is -1.46. The van der Waals surface area contributed by atoms with Crippen molar-refractivity contribution < 1.29 is 9.53 Å². The van der Waals surface area contributed by atoms with Gasteiger partial charge in [-0.05, 0) is 32.4 Å². The van der Waals surface area contributed by atoms with E-state index in [-0.39, 0.29) is 12.0 Å². The van der Waals surface area contributed by atoms with Crippen LogP contribution in [0.25, 0.3) is 0 Å². The summed E-state index contributed by atoms with van der Waals surface area (Å²) in [6.45, 7) is 10.1. The van der Waals surface area contributed by atoms with Crippen molar-refractivity contribution in [2.24, 2.45) is 0 Å². The van der Waals surface area contributed by atoms with Crippen LogP contribution in [0.5, 0.6) is 0 Å². The summed E-state index contributed by atoms with van der Waals surface area (Å²) in [6.07, 6.45) is 4.39. The number of amides is 1. The van der Waals surface area contributed by atoms with Crippen LogP contribution in [0, 0.1) is 0 Å². The number of pyridine rings is 1. The Morgan fingerprint density at radius 1 is 1.27 bits per heavy atom. The molecule has 0 bridgehead atoms. The van der Waals surface area contributed by atoms with Crippen LogP contribution < -0.4 is 0 Å². The zero-order valence-electron chi connectivity index (χ0n) is 13.9. The van der Waals surface area contributed by atoms with Crippen LogP contribution in [0.15, 0.2) is 24.5 Å². The molecular formula is C17H27N3O2. The Morgan fingerprint density at radius 3 is 2.59 bits per heavy atom. The van der Waals surface area contributed by atoms with E-state index in [1.54, 1.807) is 6.20 Å². The molecule has 2 heterocycles. The first kappa shape index (κ1) is 16.9. The Morgan fingerprint density at radius 2 is 2.00 bits per heavy atom. The van der Waals surface area contributed by atoms with E-state index >= 15 is 0 Å². The molecule has 0 aromatic carbocycles. The van der Waals surface area contributed by atoms with Gasteiger partial charge in [0, 0.05) is 44.6 Å². The molecule has 0 unspecified atom stereocenters. The fraction of sp³-hybridized carbons (Fsp3) is 0.647. The molecule has 0 N–H and O–H groups in total. The van der Waals surface area contributed by atoms with Crippen molar-refractivity contribution in [1.82, 2.24) is 14.8 Å². The van der Waals surface area contributed by atoms with Crippen molar-refractivity contribution in [1.29, 1.82) is 0 Å². The number of hydrogen-bond donors (Lipinski definition) is 0. The maximum atomic E-state index is 12.1. The summed E-state index contributed by atoms with van der Waals surface area (Å²) in [5.74, 6) is 0.203. The number of piperazine rings is 1. The third-order valence-electron chi connectivity index (χ3n) is 4.15. The van der Waals surface area contributed by atoms with E-state index in [1.165, 1.54) is 5.56 Å². The van der Waals surface area contributed by atoms with E-state index < -0.39 is 0 Å². The van der Waals surface area contributed by atoms with Crippen molar-refractivity contribution in [3.63, 3.8) is 0 Å². The summed E-state index contributed by atoms with van der Waals surface area (Å²) in [6, 6.07) is 4.42. The summed E-state index contributed by atoms with van der Waals surface area (Å²) >= 11 is 0. The average molecular weight is 305 g/mol. The molecule has 1 aromatic rings. The van der Waals surface area contributed by atoms with Gasteiger partial charge in [0.1, 0.15) is 0 Å². The lowest BCUT2D eigenvalue weighted by Gasteiger charge is -2.38. The Bertz CT molecular complexity index is 456. The largest absolute Gasteiger partial charge is 0.378 e. The molecule has 5 nitrogen and oxygen atoms in total. The Labute approximate surface area is 133 Å². The van der Waals surface area contributed by atoms with Crippen LogP contribution in [0.4, 0.5) is 0 Å². The predicted octanol–water partition coefficient (Wildman–Crippen LogP) is 2.10. The molecule has 1 fully saturated rings. The van der Waals surface area contributed by atoms with Crippen LogP contribution >= 0.6 is 0 Å². The van der Waals surface area contributed by atoms with Gasteiger partial charge in [-0.15, -0.1) is 0 Å². The Kier molecular flexibility index (Phi) is 6.34. The highest BCUT2D eigenvalue weighted by atomic mass is 16.5. The first-order valence-corrected chi connectivity index (χ1v) is 8.11. The number of nitrogens with zero attached hydrogens (tertiary/aromatic N) is 3. The monoisotopic (exact) mass is 305 g/mol. The van der Waals surface area contributed by atoms with Crippen LogP contribution in [0.2, 0.25) is 0 Å². The van der Waals surface area contributed by atoms with Gasteiger partial charge in [0.05, 0.1) is 19.1 Å². The third kappa shape index (κ3) is 4.78. The van der Waals surface area contributed by atoms with E-state index in [0.29, 0.717) is 19.1 Å². The maximum absolute atomic E-state index is 12.1. The third-order valence-corrected chi connectivity index (χ3v) is 4.15. The van der Waals surface area contributed by atoms with Gasteiger partial charge in [-0.25, -0.2) is 0 Å². The number of carbonyl (C=O) groups excluding carboxylic acids is 1. The fourth-order valence-corrected chi connectivity index (χ4v) is 2.73. The number of hydrogen-bond acceptors (Lipinski definition) is 4. The standard InChI is InChI=1S/C17H27N3O2/c1-14(2)22-12-6-17(21)20-10-8-19(9-11-20)15(3)16-5-4-7-18-13-16/h4-5,7,13-15H,6,8-12H2,1-3H3/t15-/m1/s1. The van der Waals surface area contributed by atoms with Crippen LogP contribution in [-0.4, -0.2) is 59.6 Å². The molecule has 1 aromatic heterocycles. The van der Waals surface area contributed by atoms with Crippen molar-refractivity contribution >= 4 is 5.91 Å². The van der Waals surface area contributed by atoms with Gasteiger partial charge < -0.3 is 9.64 Å². The van der Waals surface area contributed by atoms with Crippen LogP contribution in [0.1, 0.15) is 38.8 Å². The molecule has 1 saturated heterocycles. The number of aromatic nitrogens is 1. The quantitative estimate of drug-likeness (QED) is 0.807. The van der Waals surface area contributed by atoms with E-state index in [4.69, 9.17) is 4.74 Å². The van der Waals surface area contributed by atoms with Gasteiger partial charge >= 0.3 is 0 Å². The summed E-state index contributed by atoms with van der Waals surface area (Å²) in [5.41, 5.74) is 1.23. The highest BCUT2D eigenvalue weighted by Gasteiger charge is 2.24. The topological polar surface area (TPSA) is 45.7 Å². The lowest BCUT2D eigenvalue weighted by atomic mass is 10.1. The second-order valence-electron chi connectivity index (χ2n) is 6.05. The minimum absolute atomic E-state index is 0.185. The SMILES string of the molecule is CC(C)OCCC(=O)N1CCN([C@H](C)c2cccnc2)CC1.